The van der Waals surface area contributed by atoms with Gasteiger partial charge in [-0.25, -0.2) is 4.79 Å². The van der Waals surface area contributed by atoms with E-state index in [9.17, 15) is 4.79 Å². The van der Waals surface area contributed by atoms with Crippen LogP contribution in [0.25, 0.3) is 11.8 Å². The Labute approximate surface area is 146 Å². The number of hydrogen-bond donors (Lipinski definition) is 0. The quantitative estimate of drug-likeness (QED) is 0.615. The van der Waals surface area contributed by atoms with E-state index in [0.717, 1.165) is 5.56 Å². The van der Waals surface area contributed by atoms with Gasteiger partial charge >= 0.3 is 5.97 Å². The number of carbonyl (C=O) groups is 1. The van der Waals surface area contributed by atoms with E-state index < -0.39 is 5.97 Å². The zero-order valence-corrected chi connectivity index (χ0v) is 14.2. The predicted molar refractivity (Wildman–Crippen MR) is 94.6 cm³/mol. The SMILES string of the molecule is COc1ccc(C2=CC(=Cc3ccccc3OC)C(=O)O2)c(OC)c1. The zero-order chi connectivity index (χ0) is 17.8. The Balaban J connectivity index is 1.99. The molecule has 3 rings (SSSR count). The van der Waals surface area contributed by atoms with Crippen LogP contribution in [-0.4, -0.2) is 27.3 Å². The molecular weight excluding hydrogens is 320 g/mol. The number of ether oxygens (including phenoxy) is 4. The average Bonchev–Trinajstić information content (AvgIpc) is 3.01. The van der Waals surface area contributed by atoms with Gasteiger partial charge in [0.2, 0.25) is 0 Å². The number of rotatable bonds is 5. The maximum atomic E-state index is 12.2. The summed E-state index contributed by atoms with van der Waals surface area (Å²) < 4.78 is 21.3. The van der Waals surface area contributed by atoms with Crippen molar-refractivity contribution in [3.05, 3.63) is 65.2 Å². The van der Waals surface area contributed by atoms with Gasteiger partial charge in [0.25, 0.3) is 0 Å². The summed E-state index contributed by atoms with van der Waals surface area (Å²) in [6, 6.07) is 12.8. The lowest BCUT2D eigenvalue weighted by Gasteiger charge is -2.10. The summed E-state index contributed by atoms with van der Waals surface area (Å²) in [6.07, 6.45) is 3.43. The van der Waals surface area contributed by atoms with Gasteiger partial charge in [0.1, 0.15) is 23.0 Å². The largest absolute Gasteiger partial charge is 0.497 e. The van der Waals surface area contributed by atoms with Crippen LogP contribution in [0, 0.1) is 0 Å². The molecule has 1 heterocycles. The second kappa shape index (κ2) is 7.13. The van der Waals surface area contributed by atoms with Crippen LogP contribution >= 0.6 is 0 Å². The van der Waals surface area contributed by atoms with E-state index in [0.29, 0.717) is 34.1 Å². The lowest BCUT2D eigenvalue weighted by molar-refractivity contribution is -0.130. The standard InChI is InChI=1S/C20H18O5/c1-22-15-8-9-16(18(12-15)24-3)19-11-14(20(21)25-19)10-13-6-4-5-7-17(13)23-2/h4-12H,1-3H3. The van der Waals surface area contributed by atoms with E-state index in [4.69, 9.17) is 18.9 Å². The topological polar surface area (TPSA) is 54.0 Å². The van der Waals surface area contributed by atoms with Gasteiger partial charge in [-0.05, 0) is 30.4 Å². The maximum absolute atomic E-state index is 12.2. The lowest BCUT2D eigenvalue weighted by Crippen LogP contribution is -1.99. The van der Waals surface area contributed by atoms with Gasteiger partial charge < -0.3 is 18.9 Å². The molecule has 0 fully saturated rings. The normalized spacial score (nSPS) is 14.9. The summed E-state index contributed by atoms with van der Waals surface area (Å²) in [4.78, 5) is 12.2. The third-order valence-electron chi connectivity index (χ3n) is 3.85. The minimum atomic E-state index is -0.418. The molecule has 0 radical (unpaired) electrons. The summed E-state index contributed by atoms with van der Waals surface area (Å²) in [5, 5.41) is 0. The summed E-state index contributed by atoms with van der Waals surface area (Å²) in [7, 11) is 4.73. The van der Waals surface area contributed by atoms with Crippen LogP contribution < -0.4 is 14.2 Å². The van der Waals surface area contributed by atoms with Crippen molar-refractivity contribution >= 4 is 17.8 Å². The molecule has 0 saturated carbocycles. The first-order chi connectivity index (χ1) is 12.2. The predicted octanol–water partition coefficient (Wildman–Crippen LogP) is 3.69. The van der Waals surface area contributed by atoms with E-state index in [2.05, 4.69) is 0 Å². The Morgan fingerprint density at radius 1 is 0.920 bits per heavy atom. The molecule has 5 heteroatoms. The molecule has 25 heavy (non-hydrogen) atoms. The third kappa shape index (κ3) is 3.35. The number of benzene rings is 2. The number of hydrogen-bond acceptors (Lipinski definition) is 5. The Morgan fingerprint density at radius 3 is 2.40 bits per heavy atom. The van der Waals surface area contributed by atoms with E-state index >= 15 is 0 Å². The molecule has 5 nitrogen and oxygen atoms in total. The van der Waals surface area contributed by atoms with Crippen LogP contribution in [0.2, 0.25) is 0 Å². The van der Waals surface area contributed by atoms with Crippen molar-refractivity contribution in [3.8, 4) is 17.2 Å². The van der Waals surface area contributed by atoms with Crippen LogP contribution in [0.3, 0.4) is 0 Å². The number of cyclic esters (lactones) is 1. The second-order valence-electron chi connectivity index (χ2n) is 5.31. The highest BCUT2D eigenvalue weighted by Gasteiger charge is 2.24. The van der Waals surface area contributed by atoms with Gasteiger partial charge in [-0.3, -0.25) is 0 Å². The summed E-state index contributed by atoms with van der Waals surface area (Å²) in [5.74, 6) is 1.93. The highest BCUT2D eigenvalue weighted by molar-refractivity contribution is 6.05. The first-order valence-corrected chi connectivity index (χ1v) is 7.67. The highest BCUT2D eigenvalue weighted by Crippen LogP contribution is 2.35. The molecule has 0 aromatic heterocycles. The van der Waals surface area contributed by atoms with E-state index in [-0.39, 0.29) is 0 Å². The Hall–Kier alpha value is -3.21. The van der Waals surface area contributed by atoms with E-state index in [1.165, 1.54) is 0 Å². The molecule has 0 spiro atoms. The number of carbonyl (C=O) groups excluding carboxylic acids is 1. The molecule has 0 atom stereocenters. The van der Waals surface area contributed by atoms with Crippen molar-refractivity contribution in [1.82, 2.24) is 0 Å². The van der Waals surface area contributed by atoms with Gasteiger partial charge in [-0.1, -0.05) is 18.2 Å². The number of para-hydroxylation sites is 1. The average molecular weight is 338 g/mol. The Bertz CT molecular complexity index is 864. The molecule has 0 N–H and O–H groups in total. The fraction of sp³-hybridized carbons (Fsp3) is 0.150. The molecule has 128 valence electrons. The molecule has 0 saturated heterocycles. The van der Waals surface area contributed by atoms with Gasteiger partial charge in [0.15, 0.2) is 0 Å². The van der Waals surface area contributed by atoms with Crippen molar-refractivity contribution in [2.45, 2.75) is 0 Å². The maximum Gasteiger partial charge on any atom is 0.343 e. The van der Waals surface area contributed by atoms with Crippen molar-refractivity contribution in [1.29, 1.82) is 0 Å². The molecule has 0 aliphatic carbocycles. The Morgan fingerprint density at radius 2 is 1.68 bits per heavy atom. The van der Waals surface area contributed by atoms with Crippen LogP contribution in [0.5, 0.6) is 17.2 Å². The molecule has 1 aliphatic heterocycles. The van der Waals surface area contributed by atoms with Gasteiger partial charge in [0, 0.05) is 11.6 Å². The molecule has 0 unspecified atom stereocenters. The molecule has 1 aliphatic rings. The highest BCUT2D eigenvalue weighted by atomic mass is 16.5. The first kappa shape index (κ1) is 16.6. The molecule has 0 amide bonds. The van der Waals surface area contributed by atoms with Crippen molar-refractivity contribution in [2.75, 3.05) is 21.3 Å². The smallest absolute Gasteiger partial charge is 0.343 e. The lowest BCUT2D eigenvalue weighted by atomic mass is 10.1. The third-order valence-corrected chi connectivity index (χ3v) is 3.85. The fourth-order valence-corrected chi connectivity index (χ4v) is 2.58. The monoisotopic (exact) mass is 338 g/mol. The molecular formula is C20H18O5. The molecule has 2 aromatic carbocycles. The van der Waals surface area contributed by atoms with Gasteiger partial charge in [0.05, 0.1) is 32.5 Å². The number of esters is 1. The molecule has 2 aromatic rings. The summed E-state index contributed by atoms with van der Waals surface area (Å²) in [6.45, 7) is 0. The van der Waals surface area contributed by atoms with Crippen LogP contribution in [-0.2, 0) is 9.53 Å². The van der Waals surface area contributed by atoms with Crippen LogP contribution in [0.1, 0.15) is 11.1 Å². The van der Waals surface area contributed by atoms with Crippen LogP contribution in [0.15, 0.2) is 54.1 Å². The van der Waals surface area contributed by atoms with Crippen molar-refractivity contribution < 1.29 is 23.7 Å². The fourth-order valence-electron chi connectivity index (χ4n) is 2.58. The van der Waals surface area contributed by atoms with Gasteiger partial charge in [-0.2, -0.15) is 0 Å². The number of methoxy groups -OCH3 is 3. The summed E-state index contributed by atoms with van der Waals surface area (Å²) in [5.41, 5.74) is 1.92. The summed E-state index contributed by atoms with van der Waals surface area (Å²) >= 11 is 0. The van der Waals surface area contributed by atoms with Crippen molar-refractivity contribution in [2.24, 2.45) is 0 Å². The van der Waals surface area contributed by atoms with Crippen LogP contribution in [0.4, 0.5) is 0 Å². The Kier molecular flexibility index (Phi) is 4.75. The van der Waals surface area contributed by atoms with E-state index in [1.54, 1.807) is 51.7 Å². The van der Waals surface area contributed by atoms with Crippen molar-refractivity contribution in [3.63, 3.8) is 0 Å². The minimum Gasteiger partial charge on any atom is -0.497 e. The second-order valence-corrected chi connectivity index (χ2v) is 5.31. The first-order valence-electron chi connectivity index (χ1n) is 7.67. The minimum absolute atomic E-state index is 0.418. The van der Waals surface area contributed by atoms with Gasteiger partial charge in [-0.15, -0.1) is 0 Å². The zero-order valence-electron chi connectivity index (χ0n) is 14.2. The van der Waals surface area contributed by atoms with E-state index in [1.807, 2.05) is 24.3 Å². The molecule has 0 bridgehead atoms.